The van der Waals surface area contributed by atoms with E-state index in [0.717, 1.165) is 25.7 Å². The normalized spacial score (nSPS) is 18.6. The summed E-state index contributed by atoms with van der Waals surface area (Å²) in [4.78, 5) is 21.5. The van der Waals surface area contributed by atoms with Gasteiger partial charge >= 0.3 is 18.1 Å². The lowest BCUT2D eigenvalue weighted by Gasteiger charge is -2.17. The van der Waals surface area contributed by atoms with Gasteiger partial charge in [0.05, 0.1) is 5.92 Å². The van der Waals surface area contributed by atoms with Crippen LogP contribution in [-0.2, 0) is 9.59 Å². The monoisotopic (exact) mass is 267 g/mol. The van der Waals surface area contributed by atoms with Gasteiger partial charge in [-0.1, -0.05) is 25.7 Å². The van der Waals surface area contributed by atoms with Crippen molar-refractivity contribution in [3.8, 4) is 0 Å². The van der Waals surface area contributed by atoms with Crippen molar-refractivity contribution in [2.45, 2.75) is 38.3 Å². The number of carbonyl (C=O) groups excluding carboxylic acids is 1. The molecule has 1 unspecified atom stereocenters. The fourth-order valence-electron chi connectivity index (χ4n) is 2.24. The van der Waals surface area contributed by atoms with E-state index >= 15 is 0 Å². The van der Waals surface area contributed by atoms with Crippen LogP contribution in [0.15, 0.2) is 0 Å². The number of amides is 1. The third kappa shape index (κ3) is 4.54. The van der Waals surface area contributed by atoms with E-state index in [0.29, 0.717) is 6.42 Å². The molecule has 1 atom stereocenters. The molecule has 1 aliphatic rings. The second-order valence-corrected chi connectivity index (χ2v) is 4.63. The van der Waals surface area contributed by atoms with Crippen LogP contribution in [0.3, 0.4) is 0 Å². The molecule has 18 heavy (non-hydrogen) atoms. The Balaban J connectivity index is 2.43. The number of hydrogen-bond donors (Lipinski definition) is 2. The van der Waals surface area contributed by atoms with Crippen LogP contribution < -0.4 is 5.32 Å². The molecule has 0 aromatic heterocycles. The maximum absolute atomic E-state index is 11.9. The molecule has 4 nitrogen and oxygen atoms in total. The number of rotatable bonds is 5. The topological polar surface area (TPSA) is 66.4 Å². The third-order valence-electron chi connectivity index (χ3n) is 3.21. The molecular weight excluding hydrogens is 251 g/mol. The summed E-state index contributed by atoms with van der Waals surface area (Å²) in [5.41, 5.74) is 0. The van der Waals surface area contributed by atoms with Crippen molar-refractivity contribution >= 4 is 11.9 Å². The van der Waals surface area contributed by atoms with E-state index in [1.54, 1.807) is 5.32 Å². The predicted octanol–water partition coefficient (Wildman–Crippen LogP) is 1.95. The molecule has 0 aliphatic heterocycles. The summed E-state index contributed by atoms with van der Waals surface area (Å²) in [5.74, 6) is -3.95. The van der Waals surface area contributed by atoms with Gasteiger partial charge in [-0.05, 0) is 12.3 Å². The minimum Gasteiger partial charge on any atom is -0.481 e. The van der Waals surface area contributed by atoms with Gasteiger partial charge in [0.2, 0.25) is 0 Å². The van der Waals surface area contributed by atoms with E-state index in [2.05, 4.69) is 0 Å². The Kier molecular flexibility index (Phi) is 4.98. The Labute approximate surface area is 103 Å². The number of aliphatic carboxylic acids is 1. The molecule has 104 valence electrons. The molecule has 1 rings (SSSR count). The summed E-state index contributed by atoms with van der Waals surface area (Å²) in [6.45, 7) is -0.468. The van der Waals surface area contributed by atoms with Crippen molar-refractivity contribution in [1.82, 2.24) is 5.32 Å². The van der Waals surface area contributed by atoms with Crippen molar-refractivity contribution in [2.24, 2.45) is 11.8 Å². The maximum Gasteiger partial charge on any atom is 0.471 e. The van der Waals surface area contributed by atoms with Crippen LogP contribution in [0.25, 0.3) is 0 Å². The first-order valence-corrected chi connectivity index (χ1v) is 5.88. The standard InChI is InChI=1S/C11H16F3NO3/c12-11(13,14)10(18)15-6-8(9(16)17)5-7-3-1-2-4-7/h7-8H,1-6H2,(H,15,18)(H,16,17). The van der Waals surface area contributed by atoms with Crippen LogP contribution >= 0.6 is 0 Å². The molecule has 0 aromatic carbocycles. The SMILES string of the molecule is O=C(O)C(CNC(=O)C(F)(F)F)CC1CCCC1. The van der Waals surface area contributed by atoms with Crippen molar-refractivity contribution in [2.75, 3.05) is 6.54 Å². The van der Waals surface area contributed by atoms with E-state index in [1.807, 2.05) is 0 Å². The third-order valence-corrected chi connectivity index (χ3v) is 3.21. The number of carboxylic acids is 1. The van der Waals surface area contributed by atoms with Crippen LogP contribution in [0, 0.1) is 11.8 Å². The molecule has 1 aliphatic carbocycles. The highest BCUT2D eigenvalue weighted by molar-refractivity contribution is 5.82. The lowest BCUT2D eigenvalue weighted by molar-refractivity contribution is -0.174. The molecule has 1 saturated carbocycles. The summed E-state index contributed by atoms with van der Waals surface area (Å²) >= 11 is 0. The van der Waals surface area contributed by atoms with E-state index in [-0.39, 0.29) is 5.92 Å². The van der Waals surface area contributed by atoms with Crippen LogP contribution in [0.4, 0.5) is 13.2 Å². The van der Waals surface area contributed by atoms with E-state index in [9.17, 15) is 22.8 Å². The highest BCUT2D eigenvalue weighted by Gasteiger charge is 2.39. The second-order valence-electron chi connectivity index (χ2n) is 4.63. The molecule has 0 bridgehead atoms. The average molecular weight is 267 g/mol. The lowest BCUT2D eigenvalue weighted by Crippen LogP contribution is -2.41. The van der Waals surface area contributed by atoms with Gasteiger partial charge < -0.3 is 10.4 Å². The summed E-state index contributed by atoms with van der Waals surface area (Å²) in [6.07, 6.45) is -0.740. The Morgan fingerprint density at radius 2 is 1.83 bits per heavy atom. The largest absolute Gasteiger partial charge is 0.481 e. The highest BCUT2D eigenvalue weighted by atomic mass is 19.4. The summed E-state index contributed by atoms with van der Waals surface area (Å²) in [5, 5.41) is 10.5. The molecule has 0 spiro atoms. The van der Waals surface area contributed by atoms with Crippen molar-refractivity contribution in [3.05, 3.63) is 0 Å². The molecule has 1 fully saturated rings. The Morgan fingerprint density at radius 3 is 2.28 bits per heavy atom. The van der Waals surface area contributed by atoms with Gasteiger partial charge in [0.25, 0.3) is 0 Å². The minimum absolute atomic E-state index is 0.244. The van der Waals surface area contributed by atoms with Crippen molar-refractivity contribution in [1.29, 1.82) is 0 Å². The molecule has 0 aromatic rings. The molecule has 0 heterocycles. The number of carbonyl (C=O) groups is 2. The lowest BCUT2D eigenvalue weighted by atomic mass is 9.93. The minimum atomic E-state index is -4.96. The number of halogens is 3. The smallest absolute Gasteiger partial charge is 0.471 e. The van der Waals surface area contributed by atoms with E-state index in [4.69, 9.17) is 5.11 Å². The summed E-state index contributed by atoms with van der Waals surface area (Å²) in [6, 6.07) is 0. The fourth-order valence-corrected chi connectivity index (χ4v) is 2.24. The number of alkyl halides is 3. The average Bonchev–Trinajstić information content (AvgIpc) is 2.74. The number of hydrogen-bond acceptors (Lipinski definition) is 2. The van der Waals surface area contributed by atoms with Gasteiger partial charge in [-0.25, -0.2) is 0 Å². The first kappa shape index (κ1) is 14.8. The second kappa shape index (κ2) is 6.06. The van der Waals surface area contributed by atoms with Gasteiger partial charge in [0.1, 0.15) is 0 Å². The number of carboxylic acid groups (broad SMARTS) is 1. The fraction of sp³-hybridized carbons (Fsp3) is 0.818. The quantitative estimate of drug-likeness (QED) is 0.800. The van der Waals surface area contributed by atoms with E-state index in [1.165, 1.54) is 0 Å². The van der Waals surface area contributed by atoms with Gasteiger partial charge in [0, 0.05) is 6.54 Å². The highest BCUT2D eigenvalue weighted by Crippen LogP contribution is 2.30. The van der Waals surface area contributed by atoms with Crippen LogP contribution in [-0.4, -0.2) is 29.7 Å². The first-order chi connectivity index (χ1) is 8.30. The van der Waals surface area contributed by atoms with Crippen LogP contribution in [0.5, 0.6) is 0 Å². The summed E-state index contributed by atoms with van der Waals surface area (Å²) < 4.78 is 35.8. The van der Waals surface area contributed by atoms with Crippen LogP contribution in [0.2, 0.25) is 0 Å². The molecule has 1 amide bonds. The zero-order chi connectivity index (χ0) is 13.8. The molecular formula is C11H16F3NO3. The zero-order valence-corrected chi connectivity index (χ0v) is 9.79. The molecule has 7 heteroatoms. The maximum atomic E-state index is 11.9. The Hall–Kier alpha value is -1.27. The Morgan fingerprint density at radius 1 is 1.28 bits per heavy atom. The Bertz CT molecular complexity index is 311. The number of nitrogens with one attached hydrogen (secondary N) is 1. The van der Waals surface area contributed by atoms with E-state index < -0.39 is 30.5 Å². The van der Waals surface area contributed by atoms with Crippen molar-refractivity contribution < 1.29 is 27.9 Å². The first-order valence-electron chi connectivity index (χ1n) is 5.88. The van der Waals surface area contributed by atoms with Crippen LogP contribution in [0.1, 0.15) is 32.1 Å². The van der Waals surface area contributed by atoms with Gasteiger partial charge in [-0.3, -0.25) is 9.59 Å². The van der Waals surface area contributed by atoms with Crippen molar-refractivity contribution in [3.63, 3.8) is 0 Å². The molecule has 2 N–H and O–H groups in total. The molecule has 0 radical (unpaired) electrons. The zero-order valence-electron chi connectivity index (χ0n) is 9.79. The summed E-state index contributed by atoms with van der Waals surface area (Å²) in [7, 11) is 0. The van der Waals surface area contributed by atoms with Gasteiger partial charge in [-0.2, -0.15) is 13.2 Å². The molecule has 0 saturated heterocycles. The predicted molar refractivity (Wildman–Crippen MR) is 56.8 cm³/mol. The van der Waals surface area contributed by atoms with Gasteiger partial charge in [0.15, 0.2) is 0 Å². The van der Waals surface area contributed by atoms with Gasteiger partial charge in [-0.15, -0.1) is 0 Å².